The van der Waals surface area contributed by atoms with E-state index < -0.39 is 12.3 Å². The molecule has 2 aromatic rings. The number of aryl methyl sites for hydroxylation is 1. The Morgan fingerprint density at radius 2 is 2.17 bits per heavy atom. The first-order valence-corrected chi connectivity index (χ1v) is 10.2. The zero-order valence-corrected chi connectivity index (χ0v) is 17.0. The molecule has 2 fully saturated rings. The normalized spacial score (nSPS) is 24.4. The van der Waals surface area contributed by atoms with Gasteiger partial charge in [0, 0.05) is 35.2 Å². The smallest absolute Gasteiger partial charge is 0.407 e. The van der Waals surface area contributed by atoms with Crippen LogP contribution >= 0.6 is 0 Å². The molecule has 0 unspecified atom stereocenters. The molecule has 2 amide bonds. The second-order valence-corrected chi connectivity index (χ2v) is 8.60. The monoisotopic (exact) mass is 419 g/mol. The van der Waals surface area contributed by atoms with E-state index in [2.05, 4.69) is 26.0 Å². The van der Waals surface area contributed by atoms with E-state index >= 15 is 0 Å². The minimum atomic E-state index is -1.06. The fraction of sp³-hybridized carbons (Fsp3) is 0.600. The topological polar surface area (TPSA) is 122 Å². The van der Waals surface area contributed by atoms with Crippen LogP contribution in [0.25, 0.3) is 0 Å². The molecule has 2 aliphatic carbocycles. The maximum Gasteiger partial charge on any atom is 0.407 e. The highest BCUT2D eigenvalue weighted by atomic mass is 19.1. The van der Waals surface area contributed by atoms with Crippen molar-refractivity contribution in [2.75, 3.05) is 11.9 Å². The van der Waals surface area contributed by atoms with E-state index in [1.807, 2.05) is 6.92 Å². The first kappa shape index (κ1) is 20.4. The van der Waals surface area contributed by atoms with Crippen LogP contribution in [0.1, 0.15) is 55.7 Å². The van der Waals surface area contributed by atoms with Crippen LogP contribution in [0.3, 0.4) is 0 Å². The first-order chi connectivity index (χ1) is 14.3. The molecule has 2 aromatic heterocycles. The Hall–Kier alpha value is -2.91. The maximum absolute atomic E-state index is 14.5. The third-order valence-electron chi connectivity index (χ3n) is 5.76. The molecule has 0 spiro atoms. The van der Waals surface area contributed by atoms with Gasteiger partial charge in [-0.15, -0.1) is 0 Å². The Bertz CT molecular complexity index is 922. The number of carbonyl (C=O) groups is 2. The number of aromatic amines is 1. The Kier molecular flexibility index (Phi) is 5.48. The van der Waals surface area contributed by atoms with Crippen LogP contribution in [-0.2, 0) is 16.0 Å². The summed E-state index contributed by atoms with van der Waals surface area (Å²) in [6, 6.07) is 3.41. The van der Waals surface area contributed by atoms with Crippen LogP contribution in [0, 0.1) is 12.8 Å². The van der Waals surface area contributed by atoms with Gasteiger partial charge in [-0.1, -0.05) is 5.16 Å². The van der Waals surface area contributed by atoms with E-state index in [-0.39, 0.29) is 36.3 Å². The lowest BCUT2D eigenvalue weighted by atomic mass is 10.0. The summed E-state index contributed by atoms with van der Waals surface area (Å²) in [5.74, 6) is 0.134. The molecule has 9 nitrogen and oxygen atoms in total. The molecule has 4 rings (SSSR count). The summed E-state index contributed by atoms with van der Waals surface area (Å²) in [6.07, 6.45) is 1.25. The Morgan fingerprint density at radius 1 is 1.37 bits per heavy atom. The SMILES string of the molecule is Cc1cc(CC(=O)Nc2cc([C@@H]3C[C@H](COC(=O)NC4(C)CC4)[C@@H](F)C3)[nH]n2)on1. The molecular formula is C20H26FN5O4. The molecule has 162 valence electrons. The van der Waals surface area contributed by atoms with E-state index in [0.717, 1.165) is 18.5 Å². The molecule has 10 heteroatoms. The maximum atomic E-state index is 14.5. The molecule has 0 bridgehead atoms. The zero-order chi connectivity index (χ0) is 21.3. The molecule has 0 aliphatic heterocycles. The highest BCUT2D eigenvalue weighted by Gasteiger charge is 2.40. The number of ether oxygens (including phenoxy) is 1. The van der Waals surface area contributed by atoms with Gasteiger partial charge in [0.2, 0.25) is 5.91 Å². The van der Waals surface area contributed by atoms with Crippen molar-refractivity contribution in [1.29, 1.82) is 0 Å². The van der Waals surface area contributed by atoms with Crippen molar-refractivity contribution in [3.8, 4) is 0 Å². The minimum absolute atomic E-state index is 0.0495. The van der Waals surface area contributed by atoms with E-state index in [0.29, 0.717) is 30.1 Å². The van der Waals surface area contributed by atoms with E-state index in [4.69, 9.17) is 9.26 Å². The number of carbonyl (C=O) groups excluding carboxylic acids is 2. The number of hydrogen-bond donors (Lipinski definition) is 3. The lowest BCUT2D eigenvalue weighted by molar-refractivity contribution is -0.115. The molecule has 30 heavy (non-hydrogen) atoms. The number of hydrogen-bond acceptors (Lipinski definition) is 6. The van der Waals surface area contributed by atoms with Gasteiger partial charge in [0.25, 0.3) is 0 Å². The number of alkyl halides is 1. The van der Waals surface area contributed by atoms with Gasteiger partial charge in [-0.05, 0) is 39.5 Å². The Labute approximate surface area is 173 Å². The van der Waals surface area contributed by atoms with Crippen LogP contribution in [0.4, 0.5) is 15.0 Å². The van der Waals surface area contributed by atoms with Crippen LogP contribution in [0.2, 0.25) is 0 Å². The number of amides is 2. The number of rotatable bonds is 7. The van der Waals surface area contributed by atoms with Crippen LogP contribution in [-0.4, -0.2) is 45.7 Å². The van der Waals surface area contributed by atoms with Crippen LogP contribution < -0.4 is 10.6 Å². The molecule has 0 radical (unpaired) electrons. The fourth-order valence-corrected chi connectivity index (χ4v) is 3.73. The third kappa shape index (κ3) is 4.98. The van der Waals surface area contributed by atoms with E-state index in [1.165, 1.54) is 0 Å². The third-order valence-corrected chi connectivity index (χ3v) is 5.76. The van der Waals surface area contributed by atoms with Gasteiger partial charge in [-0.2, -0.15) is 5.10 Å². The average Bonchev–Trinajstić information content (AvgIpc) is 3.05. The van der Waals surface area contributed by atoms with Gasteiger partial charge < -0.3 is 19.9 Å². The fourth-order valence-electron chi connectivity index (χ4n) is 3.73. The number of nitrogens with one attached hydrogen (secondary N) is 3. The zero-order valence-electron chi connectivity index (χ0n) is 17.0. The lowest BCUT2D eigenvalue weighted by Gasteiger charge is -2.15. The van der Waals surface area contributed by atoms with Crippen molar-refractivity contribution < 1.29 is 23.2 Å². The summed E-state index contributed by atoms with van der Waals surface area (Å²) in [5.41, 5.74) is 1.30. The summed E-state index contributed by atoms with van der Waals surface area (Å²) >= 11 is 0. The molecule has 2 saturated carbocycles. The molecule has 3 N–H and O–H groups in total. The van der Waals surface area contributed by atoms with Crippen molar-refractivity contribution in [2.24, 2.45) is 5.92 Å². The van der Waals surface area contributed by atoms with Gasteiger partial charge in [0.15, 0.2) is 5.82 Å². The molecule has 0 saturated heterocycles. The standard InChI is InChI=1S/C20H26FN5O4/c1-11-5-14(30-26-11)8-18(27)22-17-9-16(24-25-17)12-6-13(15(21)7-12)10-29-19(28)23-20(2)3-4-20/h5,9,12-13,15H,3-4,6-8,10H2,1-2H3,(H,23,28)(H2,22,24,25,27)/t12-,13-,15+/m1/s1. The number of anilines is 1. The van der Waals surface area contributed by atoms with Crippen molar-refractivity contribution >= 4 is 17.8 Å². The summed E-state index contributed by atoms with van der Waals surface area (Å²) < 4.78 is 24.7. The van der Waals surface area contributed by atoms with Gasteiger partial charge in [-0.25, -0.2) is 9.18 Å². The van der Waals surface area contributed by atoms with Gasteiger partial charge in [0.1, 0.15) is 11.9 Å². The molecule has 0 aromatic carbocycles. The highest BCUT2D eigenvalue weighted by molar-refractivity contribution is 5.91. The van der Waals surface area contributed by atoms with Crippen molar-refractivity contribution in [3.63, 3.8) is 0 Å². The van der Waals surface area contributed by atoms with Crippen molar-refractivity contribution in [3.05, 3.63) is 29.3 Å². The van der Waals surface area contributed by atoms with Crippen LogP contribution in [0.5, 0.6) is 0 Å². The Morgan fingerprint density at radius 3 is 2.87 bits per heavy atom. The summed E-state index contributed by atoms with van der Waals surface area (Å²) in [5, 5.41) is 16.2. The number of nitrogens with zero attached hydrogens (tertiary/aromatic N) is 2. The molecule has 3 atom stereocenters. The van der Waals surface area contributed by atoms with Crippen molar-refractivity contribution in [1.82, 2.24) is 20.7 Å². The summed E-state index contributed by atoms with van der Waals surface area (Å²) in [6.45, 7) is 3.79. The predicted molar refractivity (Wildman–Crippen MR) is 105 cm³/mol. The molecular weight excluding hydrogens is 393 g/mol. The van der Waals surface area contributed by atoms with E-state index in [1.54, 1.807) is 19.1 Å². The number of aromatic nitrogens is 3. The first-order valence-electron chi connectivity index (χ1n) is 10.2. The molecule has 2 heterocycles. The molecule has 2 aliphatic rings. The van der Waals surface area contributed by atoms with Gasteiger partial charge in [0.05, 0.1) is 18.7 Å². The van der Waals surface area contributed by atoms with Gasteiger partial charge >= 0.3 is 6.09 Å². The predicted octanol–water partition coefficient (Wildman–Crippen LogP) is 3.00. The largest absolute Gasteiger partial charge is 0.449 e. The lowest BCUT2D eigenvalue weighted by Crippen LogP contribution is -2.35. The quantitative estimate of drug-likeness (QED) is 0.634. The van der Waals surface area contributed by atoms with E-state index in [9.17, 15) is 14.0 Å². The summed E-state index contributed by atoms with van der Waals surface area (Å²) in [7, 11) is 0. The average molecular weight is 419 g/mol. The second-order valence-electron chi connectivity index (χ2n) is 8.60. The summed E-state index contributed by atoms with van der Waals surface area (Å²) in [4.78, 5) is 23.9. The van der Waals surface area contributed by atoms with Crippen LogP contribution in [0.15, 0.2) is 16.7 Å². The number of H-pyrrole nitrogens is 1. The van der Waals surface area contributed by atoms with Crippen molar-refractivity contribution in [2.45, 2.75) is 63.6 Å². The number of alkyl carbamates (subject to hydrolysis) is 1. The number of halogens is 1. The Balaban J connectivity index is 1.26. The highest BCUT2D eigenvalue weighted by Crippen LogP contribution is 2.40. The second kappa shape index (κ2) is 8.08. The minimum Gasteiger partial charge on any atom is -0.449 e. The van der Waals surface area contributed by atoms with Gasteiger partial charge in [-0.3, -0.25) is 9.89 Å².